The van der Waals surface area contributed by atoms with Gasteiger partial charge in [-0.1, -0.05) is 0 Å². The number of aliphatic hydroxyl groups excluding tert-OH is 1. The molecule has 1 aromatic heterocycles. The Balaban J connectivity index is 1.67. The van der Waals surface area contributed by atoms with Gasteiger partial charge in [0.05, 0.1) is 6.10 Å². The molecule has 1 amide bonds. The fraction of sp³-hybridized carbons (Fsp3) is 0.733. The number of β-amino-alcohol motifs (C(OH)–C–C–N with tert-alkyl or cyclic N) is 1. The molecule has 1 aliphatic heterocycles. The molecular weight excluding hydrogens is 268 g/mol. The van der Waals surface area contributed by atoms with Gasteiger partial charge in [0.15, 0.2) is 0 Å². The summed E-state index contributed by atoms with van der Waals surface area (Å²) >= 11 is 0. The Morgan fingerprint density at radius 2 is 2.10 bits per heavy atom. The standard InChI is InChI=1S/C15H26N4O2/c1-13(20)12-17-8-10-19(11-9-17)15(21)4-3-6-18-7-5-16-14(18)2/h5,7,13,20H,3-4,6,8-12H2,1-2H3/t13-/m0/s1. The molecule has 1 aromatic rings. The quantitative estimate of drug-likeness (QED) is 0.830. The van der Waals surface area contributed by atoms with Gasteiger partial charge in [-0.25, -0.2) is 4.98 Å². The van der Waals surface area contributed by atoms with Gasteiger partial charge in [0.25, 0.3) is 0 Å². The molecule has 0 unspecified atom stereocenters. The van der Waals surface area contributed by atoms with E-state index in [2.05, 4.69) is 14.5 Å². The maximum atomic E-state index is 12.2. The minimum absolute atomic E-state index is 0.240. The van der Waals surface area contributed by atoms with Crippen LogP contribution in [-0.2, 0) is 11.3 Å². The molecule has 6 nitrogen and oxygen atoms in total. The van der Waals surface area contributed by atoms with Crippen LogP contribution in [0.4, 0.5) is 0 Å². The number of aliphatic hydroxyl groups is 1. The largest absolute Gasteiger partial charge is 0.392 e. The predicted octanol–water partition coefficient (Wildman–Crippen LogP) is 0.497. The Hall–Kier alpha value is -1.40. The second-order valence-electron chi connectivity index (χ2n) is 5.80. The molecule has 1 saturated heterocycles. The van der Waals surface area contributed by atoms with Gasteiger partial charge in [-0.2, -0.15) is 0 Å². The monoisotopic (exact) mass is 294 g/mol. The van der Waals surface area contributed by atoms with Gasteiger partial charge in [-0.3, -0.25) is 9.69 Å². The Morgan fingerprint density at radius 3 is 2.67 bits per heavy atom. The second kappa shape index (κ2) is 7.56. The Bertz CT molecular complexity index is 450. The summed E-state index contributed by atoms with van der Waals surface area (Å²) in [4.78, 5) is 20.5. The van der Waals surface area contributed by atoms with Crippen molar-refractivity contribution in [2.45, 2.75) is 39.3 Å². The van der Waals surface area contributed by atoms with Crippen LogP contribution in [0.15, 0.2) is 12.4 Å². The maximum absolute atomic E-state index is 12.2. The summed E-state index contributed by atoms with van der Waals surface area (Å²) in [5.41, 5.74) is 0. The van der Waals surface area contributed by atoms with Crippen molar-refractivity contribution < 1.29 is 9.90 Å². The number of carbonyl (C=O) groups is 1. The first-order valence-corrected chi connectivity index (χ1v) is 7.72. The van der Waals surface area contributed by atoms with Crippen LogP contribution in [0, 0.1) is 6.92 Å². The summed E-state index contributed by atoms with van der Waals surface area (Å²) in [6.45, 7) is 8.58. The van der Waals surface area contributed by atoms with E-state index in [4.69, 9.17) is 0 Å². The predicted molar refractivity (Wildman–Crippen MR) is 80.9 cm³/mol. The van der Waals surface area contributed by atoms with Gasteiger partial charge >= 0.3 is 0 Å². The number of nitrogens with zero attached hydrogens (tertiary/aromatic N) is 4. The fourth-order valence-electron chi connectivity index (χ4n) is 2.75. The van der Waals surface area contributed by atoms with Crippen LogP contribution in [0.1, 0.15) is 25.6 Å². The molecule has 0 bridgehead atoms. The molecule has 1 N–H and O–H groups in total. The van der Waals surface area contributed by atoms with Crippen molar-refractivity contribution in [3.05, 3.63) is 18.2 Å². The molecule has 6 heteroatoms. The molecular formula is C15H26N4O2. The van der Waals surface area contributed by atoms with E-state index in [9.17, 15) is 9.90 Å². The second-order valence-corrected chi connectivity index (χ2v) is 5.80. The fourth-order valence-corrected chi connectivity index (χ4v) is 2.75. The van der Waals surface area contributed by atoms with Crippen LogP contribution in [0.25, 0.3) is 0 Å². The lowest BCUT2D eigenvalue weighted by atomic mass is 10.2. The van der Waals surface area contributed by atoms with Gasteiger partial charge in [0, 0.05) is 58.1 Å². The number of aryl methyl sites for hydroxylation is 2. The van der Waals surface area contributed by atoms with E-state index in [0.29, 0.717) is 13.0 Å². The van der Waals surface area contributed by atoms with Crippen LogP contribution < -0.4 is 0 Å². The van der Waals surface area contributed by atoms with Crippen molar-refractivity contribution in [3.63, 3.8) is 0 Å². The molecule has 0 aliphatic carbocycles. The summed E-state index contributed by atoms with van der Waals surface area (Å²) < 4.78 is 2.08. The third kappa shape index (κ3) is 4.82. The van der Waals surface area contributed by atoms with E-state index in [-0.39, 0.29) is 12.0 Å². The highest BCUT2D eigenvalue weighted by Crippen LogP contribution is 2.07. The summed E-state index contributed by atoms with van der Waals surface area (Å²) in [5.74, 6) is 1.23. The number of hydrogen-bond acceptors (Lipinski definition) is 4. The Labute approximate surface area is 126 Å². The molecule has 0 aromatic carbocycles. The number of hydrogen-bond donors (Lipinski definition) is 1. The molecule has 2 heterocycles. The van der Waals surface area contributed by atoms with Crippen LogP contribution in [0.5, 0.6) is 0 Å². The minimum Gasteiger partial charge on any atom is -0.392 e. The number of amides is 1. The van der Waals surface area contributed by atoms with Crippen molar-refractivity contribution in [1.29, 1.82) is 0 Å². The Morgan fingerprint density at radius 1 is 1.38 bits per heavy atom. The highest BCUT2D eigenvalue weighted by molar-refractivity contribution is 5.76. The van der Waals surface area contributed by atoms with E-state index in [1.54, 1.807) is 13.1 Å². The molecule has 118 valence electrons. The highest BCUT2D eigenvalue weighted by atomic mass is 16.3. The van der Waals surface area contributed by atoms with Crippen LogP contribution in [0.2, 0.25) is 0 Å². The molecule has 21 heavy (non-hydrogen) atoms. The minimum atomic E-state index is -0.300. The zero-order valence-corrected chi connectivity index (χ0v) is 13.0. The molecule has 0 radical (unpaired) electrons. The number of piperazine rings is 1. The first-order valence-electron chi connectivity index (χ1n) is 7.72. The van der Waals surface area contributed by atoms with E-state index in [1.807, 2.05) is 18.0 Å². The smallest absolute Gasteiger partial charge is 0.222 e. The molecule has 1 aliphatic rings. The molecule has 2 rings (SSSR count). The third-order valence-corrected chi connectivity index (χ3v) is 3.96. The molecule has 0 saturated carbocycles. The van der Waals surface area contributed by atoms with Crippen LogP contribution in [-0.4, -0.2) is 69.2 Å². The summed E-state index contributed by atoms with van der Waals surface area (Å²) in [6, 6.07) is 0. The van der Waals surface area contributed by atoms with Gasteiger partial charge in [0.1, 0.15) is 5.82 Å². The van der Waals surface area contributed by atoms with Crippen molar-refractivity contribution in [1.82, 2.24) is 19.4 Å². The van der Waals surface area contributed by atoms with E-state index < -0.39 is 0 Å². The number of aromatic nitrogens is 2. The van der Waals surface area contributed by atoms with E-state index in [0.717, 1.165) is 45.0 Å². The summed E-state index contributed by atoms with van der Waals surface area (Å²) in [7, 11) is 0. The SMILES string of the molecule is Cc1nccn1CCCC(=O)N1CCN(C[C@H](C)O)CC1. The average Bonchev–Trinajstić information content (AvgIpc) is 2.84. The lowest BCUT2D eigenvalue weighted by Gasteiger charge is -2.35. The normalized spacial score (nSPS) is 18.0. The number of carbonyl (C=O) groups excluding carboxylic acids is 1. The van der Waals surface area contributed by atoms with Gasteiger partial charge < -0.3 is 14.6 Å². The third-order valence-electron chi connectivity index (χ3n) is 3.96. The summed E-state index contributed by atoms with van der Waals surface area (Å²) in [6.07, 6.45) is 4.89. The lowest BCUT2D eigenvalue weighted by Crippen LogP contribution is -2.50. The number of imidazole rings is 1. The first-order chi connectivity index (χ1) is 10.1. The Kier molecular flexibility index (Phi) is 5.76. The average molecular weight is 294 g/mol. The molecule has 1 fully saturated rings. The zero-order chi connectivity index (χ0) is 15.2. The van der Waals surface area contributed by atoms with Gasteiger partial charge in [-0.15, -0.1) is 0 Å². The van der Waals surface area contributed by atoms with Crippen molar-refractivity contribution >= 4 is 5.91 Å². The first kappa shape index (κ1) is 16.0. The molecule has 1 atom stereocenters. The highest BCUT2D eigenvalue weighted by Gasteiger charge is 2.21. The molecule has 0 spiro atoms. The zero-order valence-electron chi connectivity index (χ0n) is 13.0. The van der Waals surface area contributed by atoms with Gasteiger partial charge in [0.2, 0.25) is 5.91 Å². The van der Waals surface area contributed by atoms with Crippen LogP contribution >= 0.6 is 0 Å². The van der Waals surface area contributed by atoms with Crippen LogP contribution in [0.3, 0.4) is 0 Å². The maximum Gasteiger partial charge on any atom is 0.222 e. The topological polar surface area (TPSA) is 61.6 Å². The van der Waals surface area contributed by atoms with E-state index in [1.165, 1.54) is 0 Å². The lowest BCUT2D eigenvalue weighted by molar-refractivity contribution is -0.133. The van der Waals surface area contributed by atoms with Gasteiger partial charge in [-0.05, 0) is 20.3 Å². The van der Waals surface area contributed by atoms with Crippen molar-refractivity contribution in [2.24, 2.45) is 0 Å². The number of rotatable bonds is 6. The van der Waals surface area contributed by atoms with Crippen molar-refractivity contribution in [3.8, 4) is 0 Å². The summed E-state index contributed by atoms with van der Waals surface area (Å²) in [5, 5.41) is 9.38. The van der Waals surface area contributed by atoms with E-state index >= 15 is 0 Å². The van der Waals surface area contributed by atoms with Crippen molar-refractivity contribution in [2.75, 3.05) is 32.7 Å².